The summed E-state index contributed by atoms with van der Waals surface area (Å²) >= 11 is 6.15. The second kappa shape index (κ2) is 8.69. The Morgan fingerprint density at radius 2 is 1.67 bits per heavy atom. The van der Waals surface area contributed by atoms with E-state index in [0.29, 0.717) is 10.8 Å². The Balaban J connectivity index is 1.86. The largest absolute Gasteiger partial charge is 0.479 e. The molecule has 0 radical (unpaired) electrons. The van der Waals surface area contributed by atoms with E-state index in [1.165, 1.54) is 0 Å². The third-order valence-electron chi connectivity index (χ3n) is 4.31. The number of benzene rings is 2. The Morgan fingerprint density at radius 1 is 1.00 bits per heavy atom. The molecule has 27 heavy (non-hydrogen) atoms. The van der Waals surface area contributed by atoms with E-state index >= 15 is 0 Å². The van der Waals surface area contributed by atoms with Crippen LogP contribution >= 0.6 is 11.6 Å². The van der Waals surface area contributed by atoms with E-state index in [4.69, 9.17) is 16.3 Å². The molecule has 0 saturated carbocycles. The van der Waals surface area contributed by atoms with Crippen molar-refractivity contribution in [1.82, 2.24) is 9.88 Å². The average Bonchev–Trinajstić information content (AvgIpc) is 2.71. The van der Waals surface area contributed by atoms with Gasteiger partial charge in [0, 0.05) is 13.2 Å². The van der Waals surface area contributed by atoms with Crippen LogP contribution in [0.4, 0.5) is 0 Å². The Bertz CT molecular complexity index is 848. The minimum absolute atomic E-state index is 0.158. The Labute approximate surface area is 164 Å². The lowest BCUT2D eigenvalue weighted by atomic mass is 10.0. The second-order valence-corrected chi connectivity index (χ2v) is 6.61. The van der Waals surface area contributed by atoms with Gasteiger partial charge in [0.25, 0.3) is 5.91 Å². The van der Waals surface area contributed by atoms with Crippen molar-refractivity contribution in [2.75, 3.05) is 7.05 Å². The highest BCUT2D eigenvalue weighted by molar-refractivity contribution is 6.32. The maximum Gasteiger partial charge on any atom is 0.263 e. The SMILES string of the molecule is CC(Oc1ccccc1Cl)C(=O)N(C)C(c1ccccc1)c1ccccn1. The van der Waals surface area contributed by atoms with Crippen LogP contribution in [0.1, 0.15) is 24.2 Å². The molecule has 0 N–H and O–H groups in total. The first kappa shape index (κ1) is 18.9. The molecule has 0 aliphatic heterocycles. The summed E-state index contributed by atoms with van der Waals surface area (Å²) in [7, 11) is 1.77. The monoisotopic (exact) mass is 380 g/mol. The molecule has 1 amide bonds. The lowest BCUT2D eigenvalue weighted by molar-refractivity contribution is -0.138. The van der Waals surface area contributed by atoms with Crippen molar-refractivity contribution in [2.24, 2.45) is 0 Å². The number of rotatable bonds is 6. The number of aromatic nitrogens is 1. The number of pyridine rings is 1. The van der Waals surface area contributed by atoms with Crippen LogP contribution in [0.2, 0.25) is 5.02 Å². The molecule has 3 rings (SSSR count). The summed E-state index contributed by atoms with van der Waals surface area (Å²) in [5.41, 5.74) is 1.78. The van der Waals surface area contributed by atoms with Crippen LogP contribution < -0.4 is 4.74 Å². The molecule has 0 aliphatic carbocycles. The van der Waals surface area contributed by atoms with E-state index in [1.807, 2.05) is 60.7 Å². The Kier molecular flexibility index (Phi) is 6.09. The van der Waals surface area contributed by atoms with Crippen LogP contribution in [-0.2, 0) is 4.79 Å². The van der Waals surface area contributed by atoms with Gasteiger partial charge in [-0.1, -0.05) is 60.1 Å². The molecular weight excluding hydrogens is 360 g/mol. The van der Waals surface area contributed by atoms with Gasteiger partial charge >= 0.3 is 0 Å². The smallest absolute Gasteiger partial charge is 0.263 e. The molecule has 4 nitrogen and oxygen atoms in total. The van der Waals surface area contributed by atoms with E-state index in [0.717, 1.165) is 11.3 Å². The van der Waals surface area contributed by atoms with Gasteiger partial charge < -0.3 is 9.64 Å². The third kappa shape index (κ3) is 4.47. The summed E-state index contributed by atoms with van der Waals surface area (Å²) in [5.74, 6) is 0.330. The summed E-state index contributed by atoms with van der Waals surface area (Å²) in [6.45, 7) is 1.72. The van der Waals surface area contributed by atoms with E-state index in [1.54, 1.807) is 37.2 Å². The molecule has 0 aliphatic rings. The van der Waals surface area contributed by atoms with E-state index in [-0.39, 0.29) is 11.9 Å². The fraction of sp³-hybridized carbons (Fsp3) is 0.182. The Hall–Kier alpha value is -2.85. The molecule has 1 aromatic heterocycles. The number of halogens is 1. The zero-order valence-corrected chi connectivity index (χ0v) is 16.0. The third-order valence-corrected chi connectivity index (χ3v) is 4.62. The van der Waals surface area contributed by atoms with Crippen molar-refractivity contribution in [2.45, 2.75) is 19.1 Å². The van der Waals surface area contributed by atoms with Crippen LogP contribution in [0.25, 0.3) is 0 Å². The number of hydrogen-bond acceptors (Lipinski definition) is 3. The first-order chi connectivity index (χ1) is 13.1. The lowest BCUT2D eigenvalue weighted by Gasteiger charge is -2.30. The molecule has 5 heteroatoms. The van der Waals surface area contributed by atoms with Crippen molar-refractivity contribution in [3.63, 3.8) is 0 Å². The summed E-state index contributed by atoms with van der Waals surface area (Å²) in [4.78, 5) is 19.2. The van der Waals surface area contributed by atoms with Gasteiger partial charge in [-0.3, -0.25) is 9.78 Å². The topological polar surface area (TPSA) is 42.4 Å². The number of carbonyl (C=O) groups excluding carboxylic acids is 1. The number of nitrogens with zero attached hydrogens (tertiary/aromatic N) is 2. The number of amides is 1. The molecule has 3 aromatic rings. The minimum Gasteiger partial charge on any atom is -0.479 e. The molecule has 0 spiro atoms. The quantitative estimate of drug-likeness (QED) is 0.619. The number of hydrogen-bond donors (Lipinski definition) is 0. The van der Waals surface area contributed by atoms with Gasteiger partial charge in [-0.15, -0.1) is 0 Å². The molecule has 2 unspecified atom stereocenters. The summed E-state index contributed by atoms with van der Waals surface area (Å²) in [6, 6.07) is 22.3. The molecule has 0 bridgehead atoms. The van der Waals surface area contributed by atoms with Crippen LogP contribution in [0.15, 0.2) is 79.0 Å². The lowest BCUT2D eigenvalue weighted by Crippen LogP contribution is -2.40. The van der Waals surface area contributed by atoms with Gasteiger partial charge in [0.2, 0.25) is 0 Å². The van der Waals surface area contributed by atoms with Crippen LogP contribution in [-0.4, -0.2) is 28.9 Å². The van der Waals surface area contributed by atoms with E-state index < -0.39 is 6.10 Å². The maximum atomic E-state index is 13.1. The standard InChI is InChI=1S/C22H21ClN2O2/c1-16(27-20-14-7-6-12-18(20)23)22(26)25(2)21(17-10-4-3-5-11-17)19-13-8-9-15-24-19/h3-16,21H,1-2H3. The van der Waals surface area contributed by atoms with Crippen molar-refractivity contribution < 1.29 is 9.53 Å². The number of carbonyl (C=O) groups is 1. The van der Waals surface area contributed by atoms with Gasteiger partial charge in [-0.25, -0.2) is 0 Å². The highest BCUT2D eigenvalue weighted by Gasteiger charge is 2.28. The Morgan fingerprint density at radius 3 is 2.33 bits per heavy atom. The van der Waals surface area contributed by atoms with Crippen LogP contribution in [0.3, 0.4) is 0 Å². The van der Waals surface area contributed by atoms with Gasteiger partial charge in [0.15, 0.2) is 6.10 Å². The molecule has 2 atom stereocenters. The second-order valence-electron chi connectivity index (χ2n) is 6.21. The zero-order valence-electron chi connectivity index (χ0n) is 15.2. The zero-order chi connectivity index (χ0) is 19.2. The van der Waals surface area contributed by atoms with Crippen molar-refractivity contribution in [3.05, 3.63) is 95.3 Å². The summed E-state index contributed by atoms with van der Waals surface area (Å²) in [5, 5.41) is 0.476. The summed E-state index contributed by atoms with van der Waals surface area (Å²) in [6.07, 6.45) is 1.04. The molecule has 0 saturated heterocycles. The number of ether oxygens (including phenoxy) is 1. The first-order valence-corrected chi connectivity index (χ1v) is 9.09. The first-order valence-electron chi connectivity index (χ1n) is 8.71. The predicted molar refractivity (Wildman–Crippen MR) is 107 cm³/mol. The molecule has 0 fully saturated rings. The number of para-hydroxylation sites is 1. The van der Waals surface area contributed by atoms with Gasteiger partial charge in [0.1, 0.15) is 5.75 Å². The van der Waals surface area contributed by atoms with Crippen molar-refractivity contribution >= 4 is 17.5 Å². The van der Waals surface area contributed by atoms with Gasteiger partial charge in [-0.2, -0.15) is 0 Å². The van der Waals surface area contributed by atoms with Crippen molar-refractivity contribution in [1.29, 1.82) is 0 Å². The number of likely N-dealkylation sites (N-methyl/N-ethyl adjacent to an activating group) is 1. The fourth-order valence-corrected chi connectivity index (χ4v) is 3.14. The van der Waals surface area contributed by atoms with Gasteiger partial charge in [0.05, 0.1) is 16.8 Å². The van der Waals surface area contributed by atoms with Crippen LogP contribution in [0.5, 0.6) is 5.75 Å². The molecule has 1 heterocycles. The molecular formula is C22H21ClN2O2. The predicted octanol–water partition coefficient (Wildman–Crippen LogP) is 4.75. The van der Waals surface area contributed by atoms with Crippen LogP contribution in [0, 0.1) is 0 Å². The highest BCUT2D eigenvalue weighted by atomic mass is 35.5. The van der Waals surface area contributed by atoms with E-state index in [2.05, 4.69) is 4.98 Å². The normalized spacial score (nSPS) is 12.9. The molecule has 2 aromatic carbocycles. The fourth-order valence-electron chi connectivity index (χ4n) is 2.96. The van der Waals surface area contributed by atoms with Gasteiger partial charge in [-0.05, 0) is 36.8 Å². The van der Waals surface area contributed by atoms with E-state index in [9.17, 15) is 4.79 Å². The minimum atomic E-state index is -0.690. The van der Waals surface area contributed by atoms with Crippen molar-refractivity contribution in [3.8, 4) is 5.75 Å². The summed E-state index contributed by atoms with van der Waals surface area (Å²) < 4.78 is 5.81. The highest BCUT2D eigenvalue weighted by Crippen LogP contribution is 2.28. The average molecular weight is 381 g/mol. The molecule has 138 valence electrons. The maximum absolute atomic E-state index is 13.1.